The molecule has 0 bridgehead atoms. The lowest BCUT2D eigenvalue weighted by Gasteiger charge is -1.86. The monoisotopic (exact) mass is 183 g/mol. The summed E-state index contributed by atoms with van der Waals surface area (Å²) in [6.45, 7) is 5.81. The average Bonchev–Trinajstić information content (AvgIpc) is 2.57. The summed E-state index contributed by atoms with van der Waals surface area (Å²) in [6.07, 6.45) is 4.05. The third kappa shape index (κ3) is 1.77. The van der Waals surface area contributed by atoms with Gasteiger partial charge in [0.15, 0.2) is 0 Å². The molecule has 14 heavy (non-hydrogen) atoms. The number of para-hydroxylation sites is 1. The SMILES string of the molecule is C=C(C)/C=C/c1cc2ccccc2[nH]1. The van der Waals surface area contributed by atoms with Crippen molar-refractivity contribution in [2.45, 2.75) is 6.92 Å². The second-order valence-corrected chi connectivity index (χ2v) is 3.49. The molecule has 0 atom stereocenters. The Morgan fingerprint density at radius 1 is 1.36 bits per heavy atom. The van der Waals surface area contributed by atoms with Crippen LogP contribution in [0.15, 0.2) is 48.6 Å². The topological polar surface area (TPSA) is 15.8 Å². The number of nitrogens with one attached hydrogen (secondary N) is 1. The van der Waals surface area contributed by atoms with Crippen LogP contribution in [-0.2, 0) is 0 Å². The van der Waals surface area contributed by atoms with Gasteiger partial charge in [0.2, 0.25) is 0 Å². The molecule has 0 fully saturated rings. The Hall–Kier alpha value is -1.76. The maximum Gasteiger partial charge on any atom is 0.0458 e. The van der Waals surface area contributed by atoms with Crippen LogP contribution in [0.5, 0.6) is 0 Å². The van der Waals surface area contributed by atoms with Crippen molar-refractivity contribution < 1.29 is 0 Å². The first-order valence-electron chi connectivity index (χ1n) is 4.67. The molecule has 2 aromatic rings. The van der Waals surface area contributed by atoms with Crippen LogP contribution in [0.4, 0.5) is 0 Å². The lowest BCUT2D eigenvalue weighted by molar-refractivity contribution is 1.42. The molecule has 0 amide bonds. The molecule has 0 unspecified atom stereocenters. The molecule has 1 aromatic carbocycles. The summed E-state index contributed by atoms with van der Waals surface area (Å²) < 4.78 is 0. The Bertz CT molecular complexity index is 456. The smallest absolute Gasteiger partial charge is 0.0458 e. The van der Waals surface area contributed by atoms with E-state index in [0.29, 0.717) is 0 Å². The fourth-order valence-electron chi connectivity index (χ4n) is 1.42. The number of aromatic amines is 1. The summed E-state index contributed by atoms with van der Waals surface area (Å²) in [7, 11) is 0. The first-order valence-corrected chi connectivity index (χ1v) is 4.67. The normalized spacial score (nSPS) is 11.2. The Kier molecular flexibility index (Phi) is 2.23. The molecular weight excluding hydrogens is 170 g/mol. The van der Waals surface area contributed by atoms with Gasteiger partial charge in [-0.2, -0.15) is 0 Å². The first-order chi connectivity index (χ1) is 6.75. The van der Waals surface area contributed by atoms with E-state index in [9.17, 15) is 0 Å². The molecule has 1 heteroatoms. The maximum atomic E-state index is 3.82. The third-order valence-electron chi connectivity index (χ3n) is 2.10. The van der Waals surface area contributed by atoms with E-state index in [2.05, 4.69) is 29.8 Å². The van der Waals surface area contributed by atoms with Crippen molar-refractivity contribution >= 4 is 17.0 Å². The highest BCUT2D eigenvalue weighted by Gasteiger charge is 1.95. The second-order valence-electron chi connectivity index (χ2n) is 3.49. The summed E-state index contributed by atoms with van der Waals surface area (Å²) in [5.74, 6) is 0. The van der Waals surface area contributed by atoms with E-state index < -0.39 is 0 Å². The summed E-state index contributed by atoms with van der Waals surface area (Å²) in [5, 5.41) is 1.24. The lowest BCUT2D eigenvalue weighted by Crippen LogP contribution is -1.69. The summed E-state index contributed by atoms with van der Waals surface area (Å²) in [4.78, 5) is 3.32. The molecule has 0 saturated carbocycles. The number of H-pyrrole nitrogens is 1. The molecule has 70 valence electrons. The van der Waals surface area contributed by atoms with Gasteiger partial charge < -0.3 is 4.98 Å². The fourth-order valence-corrected chi connectivity index (χ4v) is 1.42. The number of fused-ring (bicyclic) bond motifs is 1. The molecule has 1 aromatic heterocycles. The quantitative estimate of drug-likeness (QED) is 0.682. The molecule has 0 saturated heterocycles. The summed E-state index contributed by atoms with van der Waals surface area (Å²) >= 11 is 0. The van der Waals surface area contributed by atoms with E-state index in [0.717, 1.165) is 11.3 Å². The van der Waals surface area contributed by atoms with Crippen molar-refractivity contribution in [1.82, 2.24) is 4.98 Å². The zero-order valence-electron chi connectivity index (χ0n) is 8.25. The number of aromatic nitrogens is 1. The van der Waals surface area contributed by atoms with Gasteiger partial charge in [-0.1, -0.05) is 36.4 Å². The van der Waals surface area contributed by atoms with Gasteiger partial charge in [0.1, 0.15) is 0 Å². The number of benzene rings is 1. The highest BCUT2D eigenvalue weighted by molar-refractivity contribution is 5.82. The Morgan fingerprint density at radius 3 is 2.86 bits per heavy atom. The Balaban J connectivity index is 2.40. The van der Waals surface area contributed by atoms with Gasteiger partial charge in [0.25, 0.3) is 0 Å². The first kappa shape index (κ1) is 8.82. The largest absolute Gasteiger partial charge is 0.355 e. The zero-order chi connectivity index (χ0) is 9.97. The van der Waals surface area contributed by atoms with Gasteiger partial charge in [0, 0.05) is 11.2 Å². The lowest BCUT2D eigenvalue weighted by atomic mass is 10.2. The minimum absolute atomic E-state index is 1.06. The summed E-state index contributed by atoms with van der Waals surface area (Å²) in [5.41, 5.74) is 3.35. The second kappa shape index (κ2) is 3.54. The Labute approximate surface area is 83.8 Å². The van der Waals surface area contributed by atoms with Crippen LogP contribution in [-0.4, -0.2) is 4.98 Å². The van der Waals surface area contributed by atoms with Crippen LogP contribution >= 0.6 is 0 Å². The van der Waals surface area contributed by atoms with Crippen LogP contribution in [0.25, 0.3) is 17.0 Å². The average molecular weight is 183 g/mol. The molecule has 1 heterocycles. The van der Waals surface area contributed by atoms with Gasteiger partial charge in [-0.05, 0) is 30.5 Å². The molecule has 0 aliphatic rings. The predicted octanol–water partition coefficient (Wildman–Crippen LogP) is 3.76. The van der Waals surface area contributed by atoms with Gasteiger partial charge in [-0.3, -0.25) is 0 Å². The van der Waals surface area contributed by atoms with Crippen LogP contribution in [0, 0.1) is 0 Å². The minimum Gasteiger partial charge on any atom is -0.355 e. The summed E-state index contributed by atoms with van der Waals surface area (Å²) in [6, 6.07) is 10.4. The highest BCUT2D eigenvalue weighted by atomic mass is 14.7. The third-order valence-corrected chi connectivity index (χ3v) is 2.10. The number of hydrogen-bond acceptors (Lipinski definition) is 0. The van der Waals surface area contributed by atoms with Crippen molar-refractivity contribution in [3.63, 3.8) is 0 Å². The van der Waals surface area contributed by atoms with E-state index in [1.54, 1.807) is 0 Å². The Morgan fingerprint density at radius 2 is 2.14 bits per heavy atom. The molecule has 0 spiro atoms. The molecular formula is C13H13N. The van der Waals surface area contributed by atoms with Crippen LogP contribution in [0.2, 0.25) is 0 Å². The van der Waals surface area contributed by atoms with Gasteiger partial charge in [-0.15, -0.1) is 0 Å². The van der Waals surface area contributed by atoms with Gasteiger partial charge in [-0.25, -0.2) is 0 Å². The highest BCUT2D eigenvalue weighted by Crippen LogP contribution is 2.15. The van der Waals surface area contributed by atoms with Crippen molar-refractivity contribution in [3.05, 3.63) is 54.3 Å². The maximum absolute atomic E-state index is 3.82. The van der Waals surface area contributed by atoms with Gasteiger partial charge in [0.05, 0.1) is 0 Å². The minimum atomic E-state index is 1.06. The van der Waals surface area contributed by atoms with E-state index in [1.165, 1.54) is 10.9 Å². The van der Waals surface area contributed by atoms with Crippen molar-refractivity contribution in [2.24, 2.45) is 0 Å². The van der Waals surface area contributed by atoms with Crippen LogP contribution in [0.1, 0.15) is 12.6 Å². The molecule has 0 aliphatic carbocycles. The van der Waals surface area contributed by atoms with Crippen LogP contribution < -0.4 is 0 Å². The van der Waals surface area contributed by atoms with Crippen molar-refractivity contribution in [3.8, 4) is 0 Å². The van der Waals surface area contributed by atoms with E-state index in [-0.39, 0.29) is 0 Å². The molecule has 0 radical (unpaired) electrons. The van der Waals surface area contributed by atoms with Crippen molar-refractivity contribution in [1.29, 1.82) is 0 Å². The number of rotatable bonds is 2. The molecule has 0 aliphatic heterocycles. The predicted molar refractivity (Wildman–Crippen MR) is 62.1 cm³/mol. The van der Waals surface area contributed by atoms with Crippen LogP contribution in [0.3, 0.4) is 0 Å². The van der Waals surface area contributed by atoms with Crippen molar-refractivity contribution in [2.75, 3.05) is 0 Å². The number of allylic oxidation sites excluding steroid dienone is 2. The van der Waals surface area contributed by atoms with Gasteiger partial charge >= 0.3 is 0 Å². The van der Waals surface area contributed by atoms with E-state index in [1.807, 2.05) is 31.2 Å². The standard InChI is InChI=1S/C13H13N/c1-10(2)7-8-12-9-11-5-3-4-6-13(11)14-12/h3-9,14H,1H2,2H3/b8-7+. The number of hydrogen-bond donors (Lipinski definition) is 1. The van der Waals surface area contributed by atoms with E-state index in [4.69, 9.17) is 0 Å². The zero-order valence-corrected chi connectivity index (χ0v) is 8.25. The molecule has 1 N–H and O–H groups in total. The van der Waals surface area contributed by atoms with E-state index >= 15 is 0 Å². The molecule has 2 rings (SSSR count). The molecule has 1 nitrogen and oxygen atoms in total. The fraction of sp³-hybridized carbons (Fsp3) is 0.0769.